The number of carbonyl (C=O) groups is 2. The average Bonchev–Trinajstić information content (AvgIpc) is 2.66. The maximum Gasteiger partial charge on any atom is 0.251 e. The van der Waals surface area contributed by atoms with Crippen molar-refractivity contribution in [3.63, 3.8) is 0 Å². The Kier molecular flexibility index (Phi) is 5.83. The van der Waals surface area contributed by atoms with Gasteiger partial charge >= 0.3 is 0 Å². The third-order valence-electron chi connectivity index (χ3n) is 3.85. The molecule has 6 nitrogen and oxygen atoms in total. The van der Waals surface area contributed by atoms with Gasteiger partial charge in [0.1, 0.15) is 11.6 Å². The zero-order valence-corrected chi connectivity index (χ0v) is 14.8. The van der Waals surface area contributed by atoms with Gasteiger partial charge in [-0.05, 0) is 43.3 Å². The Morgan fingerprint density at radius 3 is 2.93 bits per heavy atom. The molecular weight excluding hydrogens is 351 g/mol. The molecule has 2 amide bonds. The quantitative estimate of drug-likeness (QED) is 0.793. The lowest BCUT2D eigenvalue weighted by Gasteiger charge is -2.19. The van der Waals surface area contributed by atoms with Gasteiger partial charge in [0.15, 0.2) is 6.79 Å². The third-order valence-corrected chi connectivity index (χ3v) is 3.85. The molecular formula is C20H19FN2O4. The Bertz CT molecular complexity index is 896. The van der Waals surface area contributed by atoms with Gasteiger partial charge in [-0.1, -0.05) is 6.07 Å². The largest absolute Gasteiger partial charge is 0.467 e. The van der Waals surface area contributed by atoms with Crippen LogP contribution in [0, 0.1) is 5.82 Å². The van der Waals surface area contributed by atoms with Crippen LogP contribution in [0.2, 0.25) is 0 Å². The molecule has 1 aliphatic heterocycles. The summed E-state index contributed by atoms with van der Waals surface area (Å²) in [6, 6.07) is 9.25. The summed E-state index contributed by atoms with van der Waals surface area (Å²) in [6.45, 7) is 2.68. The van der Waals surface area contributed by atoms with Gasteiger partial charge in [0.2, 0.25) is 5.91 Å². The van der Waals surface area contributed by atoms with Crippen LogP contribution < -0.4 is 15.4 Å². The topological polar surface area (TPSA) is 76.7 Å². The molecule has 1 heterocycles. The van der Waals surface area contributed by atoms with E-state index in [-0.39, 0.29) is 19.3 Å². The van der Waals surface area contributed by atoms with Crippen LogP contribution in [0.25, 0.3) is 6.08 Å². The van der Waals surface area contributed by atoms with Crippen LogP contribution in [0.5, 0.6) is 5.75 Å². The number of anilines is 1. The van der Waals surface area contributed by atoms with E-state index in [2.05, 4.69) is 10.6 Å². The molecule has 0 aliphatic carbocycles. The zero-order chi connectivity index (χ0) is 19.2. The van der Waals surface area contributed by atoms with Gasteiger partial charge in [-0.2, -0.15) is 0 Å². The second-order valence-corrected chi connectivity index (χ2v) is 5.86. The van der Waals surface area contributed by atoms with Crippen molar-refractivity contribution in [2.45, 2.75) is 13.5 Å². The SMILES string of the molecule is CCNC(=O)c1cccc(NC(=O)/C=C/c2cc(F)cc3c2OCOC3)c1. The summed E-state index contributed by atoms with van der Waals surface area (Å²) >= 11 is 0. The van der Waals surface area contributed by atoms with Gasteiger partial charge in [-0.3, -0.25) is 9.59 Å². The van der Waals surface area contributed by atoms with E-state index in [4.69, 9.17) is 9.47 Å². The summed E-state index contributed by atoms with van der Waals surface area (Å²) in [5.74, 6) is -0.550. The predicted molar refractivity (Wildman–Crippen MR) is 98.8 cm³/mol. The van der Waals surface area contributed by atoms with Gasteiger partial charge in [-0.25, -0.2) is 4.39 Å². The lowest BCUT2D eigenvalue weighted by molar-refractivity contribution is -0.111. The lowest BCUT2D eigenvalue weighted by Crippen LogP contribution is -2.22. The molecule has 0 spiro atoms. The number of fused-ring (bicyclic) bond motifs is 1. The van der Waals surface area contributed by atoms with E-state index in [9.17, 15) is 14.0 Å². The molecule has 0 atom stereocenters. The van der Waals surface area contributed by atoms with Crippen molar-refractivity contribution in [2.75, 3.05) is 18.7 Å². The minimum absolute atomic E-state index is 0.0816. The number of carbonyl (C=O) groups excluding carboxylic acids is 2. The first-order valence-electron chi connectivity index (χ1n) is 8.47. The smallest absolute Gasteiger partial charge is 0.251 e. The van der Waals surface area contributed by atoms with Crippen LogP contribution in [0.15, 0.2) is 42.5 Å². The first-order chi connectivity index (χ1) is 13.1. The molecule has 0 bridgehead atoms. The van der Waals surface area contributed by atoms with E-state index in [1.54, 1.807) is 24.3 Å². The highest BCUT2D eigenvalue weighted by molar-refractivity contribution is 6.03. The number of amides is 2. The molecule has 0 fully saturated rings. The van der Waals surface area contributed by atoms with Crippen molar-refractivity contribution < 1.29 is 23.5 Å². The summed E-state index contributed by atoms with van der Waals surface area (Å²) in [7, 11) is 0. The summed E-state index contributed by atoms with van der Waals surface area (Å²) in [5.41, 5.74) is 1.99. The second-order valence-electron chi connectivity index (χ2n) is 5.86. The van der Waals surface area contributed by atoms with Crippen LogP contribution in [-0.2, 0) is 16.1 Å². The van der Waals surface area contributed by atoms with Gasteiger partial charge in [-0.15, -0.1) is 0 Å². The summed E-state index contributed by atoms with van der Waals surface area (Å²) in [5, 5.41) is 5.38. The van der Waals surface area contributed by atoms with Crippen LogP contribution in [0.3, 0.4) is 0 Å². The van der Waals surface area contributed by atoms with E-state index in [0.29, 0.717) is 34.7 Å². The fraction of sp³-hybridized carbons (Fsp3) is 0.200. The van der Waals surface area contributed by atoms with Crippen molar-refractivity contribution in [3.05, 3.63) is 65.0 Å². The van der Waals surface area contributed by atoms with Crippen LogP contribution in [-0.4, -0.2) is 25.2 Å². The fourth-order valence-electron chi connectivity index (χ4n) is 2.68. The van der Waals surface area contributed by atoms with E-state index in [0.717, 1.165) is 0 Å². The average molecular weight is 370 g/mol. The number of benzene rings is 2. The number of halogens is 1. The van der Waals surface area contributed by atoms with Crippen molar-refractivity contribution in [1.82, 2.24) is 5.32 Å². The monoisotopic (exact) mass is 370 g/mol. The molecule has 2 aromatic carbocycles. The van der Waals surface area contributed by atoms with Gasteiger partial charge < -0.3 is 20.1 Å². The molecule has 7 heteroatoms. The van der Waals surface area contributed by atoms with Crippen molar-refractivity contribution in [2.24, 2.45) is 0 Å². The maximum absolute atomic E-state index is 13.7. The predicted octanol–water partition coefficient (Wildman–Crippen LogP) is 3.09. The fourth-order valence-corrected chi connectivity index (χ4v) is 2.68. The highest BCUT2D eigenvalue weighted by Gasteiger charge is 2.15. The summed E-state index contributed by atoms with van der Waals surface area (Å²) in [6.07, 6.45) is 2.77. The first-order valence-corrected chi connectivity index (χ1v) is 8.47. The number of ether oxygens (including phenoxy) is 2. The molecule has 0 saturated carbocycles. The number of hydrogen-bond acceptors (Lipinski definition) is 4. The number of hydrogen-bond donors (Lipinski definition) is 2. The molecule has 1 aliphatic rings. The first kappa shape index (κ1) is 18.6. The van der Waals surface area contributed by atoms with E-state index < -0.39 is 11.7 Å². The molecule has 2 aromatic rings. The van der Waals surface area contributed by atoms with Gasteiger partial charge in [0, 0.05) is 35.0 Å². The van der Waals surface area contributed by atoms with Crippen molar-refractivity contribution in [3.8, 4) is 5.75 Å². The van der Waals surface area contributed by atoms with E-state index in [1.807, 2.05) is 6.92 Å². The Labute approximate surface area is 156 Å². The Morgan fingerprint density at radius 1 is 1.26 bits per heavy atom. The number of rotatable bonds is 5. The minimum atomic E-state index is -0.433. The molecule has 0 radical (unpaired) electrons. The molecule has 0 saturated heterocycles. The highest BCUT2D eigenvalue weighted by atomic mass is 19.1. The van der Waals surface area contributed by atoms with E-state index in [1.165, 1.54) is 24.3 Å². The Morgan fingerprint density at radius 2 is 2.11 bits per heavy atom. The molecule has 0 aromatic heterocycles. The van der Waals surface area contributed by atoms with E-state index >= 15 is 0 Å². The van der Waals surface area contributed by atoms with Crippen molar-refractivity contribution in [1.29, 1.82) is 0 Å². The molecule has 0 unspecified atom stereocenters. The summed E-state index contributed by atoms with van der Waals surface area (Å²) in [4.78, 5) is 24.1. The zero-order valence-electron chi connectivity index (χ0n) is 14.8. The minimum Gasteiger partial charge on any atom is -0.467 e. The van der Waals surface area contributed by atoms with Gasteiger partial charge in [0.05, 0.1) is 6.61 Å². The standard InChI is InChI=1S/C20H19FN2O4/c1-2-22-20(25)14-4-3-5-17(10-14)23-18(24)7-6-13-8-16(21)9-15-11-26-12-27-19(13)15/h3-10H,2,11-12H2,1H3,(H,22,25)(H,23,24)/b7-6+. The maximum atomic E-state index is 13.7. The van der Waals surface area contributed by atoms with Gasteiger partial charge in [0.25, 0.3) is 5.91 Å². The Hall–Kier alpha value is -3.19. The molecule has 2 N–H and O–H groups in total. The molecule has 140 valence electrons. The number of nitrogens with one attached hydrogen (secondary N) is 2. The van der Waals surface area contributed by atoms with Crippen molar-refractivity contribution >= 4 is 23.6 Å². The molecule has 27 heavy (non-hydrogen) atoms. The summed E-state index contributed by atoms with van der Waals surface area (Å²) < 4.78 is 24.3. The van der Waals surface area contributed by atoms with Crippen LogP contribution in [0.1, 0.15) is 28.4 Å². The van der Waals surface area contributed by atoms with Crippen LogP contribution >= 0.6 is 0 Å². The normalized spacial score (nSPS) is 13.0. The third kappa shape index (κ3) is 4.71. The second kappa shape index (κ2) is 8.46. The lowest BCUT2D eigenvalue weighted by atomic mass is 10.1. The molecule has 3 rings (SSSR count). The van der Waals surface area contributed by atoms with Crippen LogP contribution in [0.4, 0.5) is 10.1 Å². The highest BCUT2D eigenvalue weighted by Crippen LogP contribution is 2.30. The Balaban J connectivity index is 1.72.